The highest BCUT2D eigenvalue weighted by molar-refractivity contribution is 5.77. The van der Waals surface area contributed by atoms with Gasteiger partial charge in [-0.05, 0) is 19.3 Å². The molecule has 0 fully saturated rings. The van der Waals surface area contributed by atoms with Crippen molar-refractivity contribution in [1.29, 1.82) is 0 Å². The molecule has 0 aliphatic rings. The molecular formula is C12H23NO3. The molecule has 0 heterocycles. The Hall–Kier alpha value is -1.06. The summed E-state index contributed by atoms with van der Waals surface area (Å²) in [5.74, 6) is 0.0781. The summed E-state index contributed by atoms with van der Waals surface area (Å²) in [5, 5.41) is 2.38. The zero-order chi connectivity index (χ0) is 12.4. The lowest BCUT2D eigenvalue weighted by atomic mass is 10.0. The van der Waals surface area contributed by atoms with Crippen LogP contribution in [-0.2, 0) is 14.3 Å². The predicted octanol–water partition coefficient (Wildman–Crippen LogP) is 1.88. The van der Waals surface area contributed by atoms with Crippen molar-refractivity contribution < 1.29 is 14.3 Å². The number of rotatable bonds is 9. The van der Waals surface area contributed by atoms with E-state index in [1.807, 2.05) is 0 Å². The standard InChI is InChI=1S/C12H23NO3/c1-4-6-7-11(5-2)8-16-12(15)10(3)13-9-14/h9-11H,4-8H2,1-3H3,(H,13,14)/t10-,11?/m0/s1. The number of unbranched alkanes of at least 4 members (excludes halogenated alkanes) is 1. The van der Waals surface area contributed by atoms with Crippen molar-refractivity contribution in [1.82, 2.24) is 5.32 Å². The predicted molar refractivity (Wildman–Crippen MR) is 62.9 cm³/mol. The van der Waals surface area contributed by atoms with Crippen molar-refractivity contribution in [3.63, 3.8) is 0 Å². The summed E-state index contributed by atoms with van der Waals surface area (Å²) in [7, 11) is 0. The molecule has 2 atom stereocenters. The van der Waals surface area contributed by atoms with E-state index in [9.17, 15) is 9.59 Å². The normalized spacial score (nSPS) is 13.9. The molecule has 0 saturated heterocycles. The van der Waals surface area contributed by atoms with Gasteiger partial charge in [0.1, 0.15) is 6.04 Å². The van der Waals surface area contributed by atoms with Crippen molar-refractivity contribution in [2.45, 2.75) is 52.5 Å². The van der Waals surface area contributed by atoms with Gasteiger partial charge in [-0.1, -0.05) is 33.1 Å². The summed E-state index contributed by atoms with van der Waals surface area (Å²) >= 11 is 0. The van der Waals surface area contributed by atoms with E-state index in [2.05, 4.69) is 19.2 Å². The van der Waals surface area contributed by atoms with Gasteiger partial charge in [0.05, 0.1) is 6.61 Å². The van der Waals surface area contributed by atoms with E-state index < -0.39 is 6.04 Å². The van der Waals surface area contributed by atoms with Crippen molar-refractivity contribution in [2.75, 3.05) is 6.61 Å². The van der Waals surface area contributed by atoms with Gasteiger partial charge in [0.15, 0.2) is 0 Å². The van der Waals surface area contributed by atoms with E-state index >= 15 is 0 Å². The van der Waals surface area contributed by atoms with Crippen molar-refractivity contribution in [2.24, 2.45) is 5.92 Å². The van der Waals surface area contributed by atoms with Gasteiger partial charge in [0.2, 0.25) is 6.41 Å². The fourth-order valence-electron chi connectivity index (χ4n) is 1.39. The number of esters is 1. The first kappa shape index (κ1) is 14.9. The van der Waals surface area contributed by atoms with Crippen LogP contribution in [0.3, 0.4) is 0 Å². The van der Waals surface area contributed by atoms with Gasteiger partial charge in [-0.25, -0.2) is 4.79 Å². The van der Waals surface area contributed by atoms with Crippen molar-refractivity contribution >= 4 is 12.4 Å². The SMILES string of the molecule is CCCCC(CC)COC(=O)[C@H](C)NC=O. The summed E-state index contributed by atoms with van der Waals surface area (Å²) in [6.07, 6.45) is 4.95. The first-order valence-electron chi connectivity index (χ1n) is 6.01. The molecule has 0 saturated carbocycles. The molecule has 0 aromatic rings. The zero-order valence-electron chi connectivity index (χ0n) is 10.5. The first-order valence-corrected chi connectivity index (χ1v) is 6.01. The minimum Gasteiger partial charge on any atom is -0.464 e. The number of carbonyl (C=O) groups is 2. The lowest BCUT2D eigenvalue weighted by Gasteiger charge is -2.16. The third kappa shape index (κ3) is 6.43. The molecule has 0 aliphatic carbocycles. The molecule has 0 aliphatic heterocycles. The van der Waals surface area contributed by atoms with Crippen molar-refractivity contribution in [3.05, 3.63) is 0 Å². The highest BCUT2D eigenvalue weighted by atomic mass is 16.5. The lowest BCUT2D eigenvalue weighted by Crippen LogP contribution is -2.35. The number of amides is 1. The Kier molecular flexibility index (Phi) is 8.58. The summed E-state index contributed by atoms with van der Waals surface area (Å²) < 4.78 is 5.15. The molecule has 1 amide bonds. The summed E-state index contributed by atoms with van der Waals surface area (Å²) in [5.41, 5.74) is 0. The molecule has 4 heteroatoms. The molecule has 0 spiro atoms. The summed E-state index contributed by atoms with van der Waals surface area (Å²) in [4.78, 5) is 21.5. The fourth-order valence-corrected chi connectivity index (χ4v) is 1.39. The third-order valence-electron chi connectivity index (χ3n) is 2.68. The van der Waals surface area contributed by atoms with Gasteiger partial charge in [0, 0.05) is 0 Å². The van der Waals surface area contributed by atoms with E-state index in [0.717, 1.165) is 25.7 Å². The first-order chi connectivity index (χ1) is 7.65. The number of nitrogens with one attached hydrogen (secondary N) is 1. The van der Waals surface area contributed by atoms with Crippen LogP contribution in [0.1, 0.15) is 46.5 Å². The Morgan fingerprint density at radius 1 is 1.44 bits per heavy atom. The highest BCUT2D eigenvalue weighted by Crippen LogP contribution is 2.13. The molecule has 4 nitrogen and oxygen atoms in total. The lowest BCUT2D eigenvalue weighted by molar-refractivity contribution is -0.147. The van der Waals surface area contributed by atoms with Crippen LogP contribution in [0.2, 0.25) is 0 Å². The van der Waals surface area contributed by atoms with Gasteiger partial charge in [-0.2, -0.15) is 0 Å². The highest BCUT2D eigenvalue weighted by Gasteiger charge is 2.15. The van der Waals surface area contributed by atoms with Crippen LogP contribution in [0.4, 0.5) is 0 Å². The van der Waals surface area contributed by atoms with Crippen LogP contribution in [0.5, 0.6) is 0 Å². The number of ether oxygens (including phenoxy) is 1. The molecule has 16 heavy (non-hydrogen) atoms. The largest absolute Gasteiger partial charge is 0.464 e. The Labute approximate surface area is 97.7 Å². The maximum absolute atomic E-state index is 11.4. The minimum absolute atomic E-state index is 0.359. The maximum Gasteiger partial charge on any atom is 0.328 e. The molecule has 0 aromatic heterocycles. The second kappa shape index (κ2) is 9.19. The second-order valence-corrected chi connectivity index (χ2v) is 4.05. The van der Waals surface area contributed by atoms with Gasteiger partial charge >= 0.3 is 5.97 Å². The van der Waals surface area contributed by atoms with Crippen LogP contribution in [0.15, 0.2) is 0 Å². The Balaban J connectivity index is 3.82. The molecule has 0 aromatic carbocycles. The number of hydrogen-bond donors (Lipinski definition) is 1. The van der Waals surface area contributed by atoms with Gasteiger partial charge in [-0.3, -0.25) is 4.79 Å². The van der Waals surface area contributed by atoms with Crippen molar-refractivity contribution in [3.8, 4) is 0 Å². The van der Waals surface area contributed by atoms with Crippen LogP contribution < -0.4 is 5.32 Å². The monoisotopic (exact) mass is 229 g/mol. The maximum atomic E-state index is 11.4. The molecular weight excluding hydrogens is 206 g/mol. The fraction of sp³-hybridized carbons (Fsp3) is 0.833. The molecule has 0 rings (SSSR count). The van der Waals surface area contributed by atoms with Gasteiger partial charge < -0.3 is 10.1 Å². The quantitative estimate of drug-likeness (QED) is 0.485. The Morgan fingerprint density at radius 2 is 2.12 bits per heavy atom. The van der Waals surface area contributed by atoms with Crippen LogP contribution in [-0.4, -0.2) is 25.0 Å². The van der Waals surface area contributed by atoms with E-state index in [1.54, 1.807) is 6.92 Å². The minimum atomic E-state index is -0.554. The van der Waals surface area contributed by atoms with Crippen LogP contribution in [0.25, 0.3) is 0 Å². The second-order valence-electron chi connectivity index (χ2n) is 4.05. The third-order valence-corrected chi connectivity index (χ3v) is 2.68. The summed E-state index contributed by atoms with van der Waals surface area (Å²) in [6, 6.07) is -0.554. The molecule has 1 N–H and O–H groups in total. The molecule has 0 bridgehead atoms. The molecule has 0 radical (unpaired) electrons. The number of carbonyl (C=O) groups excluding carboxylic acids is 2. The zero-order valence-corrected chi connectivity index (χ0v) is 10.5. The van der Waals surface area contributed by atoms with E-state index in [4.69, 9.17) is 4.74 Å². The Bertz CT molecular complexity index is 206. The van der Waals surface area contributed by atoms with Crippen LogP contribution >= 0.6 is 0 Å². The summed E-state index contributed by atoms with van der Waals surface area (Å²) in [6.45, 7) is 6.32. The number of hydrogen-bond acceptors (Lipinski definition) is 3. The topological polar surface area (TPSA) is 55.4 Å². The van der Waals surface area contributed by atoms with E-state index in [1.165, 1.54) is 0 Å². The molecule has 1 unspecified atom stereocenters. The van der Waals surface area contributed by atoms with Crippen LogP contribution in [0, 0.1) is 5.92 Å². The van der Waals surface area contributed by atoms with E-state index in [0.29, 0.717) is 18.9 Å². The smallest absolute Gasteiger partial charge is 0.328 e. The van der Waals surface area contributed by atoms with Gasteiger partial charge in [-0.15, -0.1) is 0 Å². The molecule has 94 valence electrons. The average molecular weight is 229 g/mol. The van der Waals surface area contributed by atoms with Gasteiger partial charge in [0.25, 0.3) is 0 Å². The van der Waals surface area contributed by atoms with E-state index in [-0.39, 0.29) is 5.97 Å². The average Bonchev–Trinajstić information content (AvgIpc) is 2.29. The Morgan fingerprint density at radius 3 is 2.62 bits per heavy atom.